The number of anilines is 1. The fourth-order valence-electron chi connectivity index (χ4n) is 1.45. The van der Waals surface area contributed by atoms with E-state index < -0.39 is 0 Å². The largest absolute Gasteiger partial charge is 0.385 e. The lowest BCUT2D eigenvalue weighted by molar-refractivity contribution is 0.109. The highest BCUT2D eigenvalue weighted by Crippen LogP contribution is 2.28. The van der Waals surface area contributed by atoms with Crippen molar-refractivity contribution < 1.29 is 9.47 Å². The van der Waals surface area contributed by atoms with Crippen molar-refractivity contribution in [3.63, 3.8) is 0 Å². The number of methoxy groups -OCH3 is 1. The van der Waals surface area contributed by atoms with E-state index in [-0.39, 0.29) is 0 Å². The van der Waals surface area contributed by atoms with Crippen molar-refractivity contribution in [2.24, 2.45) is 0 Å². The van der Waals surface area contributed by atoms with Crippen molar-refractivity contribution in [2.45, 2.75) is 13.3 Å². The Hall–Kier alpha value is -0.480. The SMILES string of the molecule is COCCCOCCNc1cc(Cl)c(C)cc1Cl. The van der Waals surface area contributed by atoms with Crippen molar-refractivity contribution in [2.75, 3.05) is 38.8 Å². The topological polar surface area (TPSA) is 30.5 Å². The Bertz CT molecular complexity index is 372. The maximum atomic E-state index is 6.10. The zero-order chi connectivity index (χ0) is 13.4. The van der Waals surface area contributed by atoms with Crippen LogP contribution in [0.1, 0.15) is 12.0 Å². The van der Waals surface area contributed by atoms with Crippen LogP contribution in [-0.2, 0) is 9.47 Å². The van der Waals surface area contributed by atoms with Crippen LogP contribution in [0.3, 0.4) is 0 Å². The summed E-state index contributed by atoms with van der Waals surface area (Å²) < 4.78 is 10.4. The Morgan fingerprint density at radius 2 is 1.89 bits per heavy atom. The first kappa shape index (κ1) is 15.6. The van der Waals surface area contributed by atoms with Crippen LogP contribution in [0, 0.1) is 6.92 Å². The molecule has 0 aliphatic carbocycles. The van der Waals surface area contributed by atoms with Gasteiger partial charge in [0.15, 0.2) is 0 Å². The highest BCUT2D eigenvalue weighted by atomic mass is 35.5. The fraction of sp³-hybridized carbons (Fsp3) is 0.538. The Morgan fingerprint density at radius 1 is 1.11 bits per heavy atom. The van der Waals surface area contributed by atoms with Crippen LogP contribution in [-0.4, -0.2) is 33.5 Å². The minimum absolute atomic E-state index is 0.630. The van der Waals surface area contributed by atoms with E-state index in [4.69, 9.17) is 32.7 Å². The third-order valence-electron chi connectivity index (χ3n) is 2.45. The molecular weight excluding hydrogens is 273 g/mol. The van der Waals surface area contributed by atoms with Gasteiger partial charge in [-0.1, -0.05) is 23.2 Å². The van der Waals surface area contributed by atoms with Crippen LogP contribution in [0.4, 0.5) is 5.69 Å². The lowest BCUT2D eigenvalue weighted by Crippen LogP contribution is -2.11. The molecule has 0 spiro atoms. The summed E-state index contributed by atoms with van der Waals surface area (Å²) in [4.78, 5) is 0. The standard InChI is InChI=1S/C13H19Cl2NO2/c1-10-8-12(15)13(9-11(10)14)16-4-7-18-6-3-5-17-2/h8-9,16H,3-7H2,1-2H3. The van der Waals surface area contributed by atoms with Crippen molar-refractivity contribution in [3.05, 3.63) is 27.7 Å². The molecule has 1 N–H and O–H groups in total. The summed E-state index contributed by atoms with van der Waals surface area (Å²) >= 11 is 12.1. The maximum Gasteiger partial charge on any atom is 0.0641 e. The molecule has 0 saturated carbocycles. The van der Waals surface area contributed by atoms with Crippen molar-refractivity contribution >= 4 is 28.9 Å². The molecule has 3 nitrogen and oxygen atoms in total. The van der Waals surface area contributed by atoms with Gasteiger partial charge in [0, 0.05) is 31.9 Å². The quantitative estimate of drug-likeness (QED) is 0.740. The molecule has 102 valence electrons. The molecule has 0 aliphatic rings. The Morgan fingerprint density at radius 3 is 2.61 bits per heavy atom. The van der Waals surface area contributed by atoms with Crippen LogP contribution in [0.15, 0.2) is 12.1 Å². The van der Waals surface area contributed by atoms with E-state index in [2.05, 4.69) is 5.32 Å². The van der Waals surface area contributed by atoms with E-state index in [1.54, 1.807) is 7.11 Å². The van der Waals surface area contributed by atoms with E-state index in [1.165, 1.54) is 0 Å². The van der Waals surface area contributed by atoms with Crippen LogP contribution in [0.25, 0.3) is 0 Å². The molecule has 5 heteroatoms. The Balaban J connectivity index is 2.25. The van der Waals surface area contributed by atoms with Gasteiger partial charge in [0.25, 0.3) is 0 Å². The van der Waals surface area contributed by atoms with Crippen LogP contribution < -0.4 is 5.32 Å². The van der Waals surface area contributed by atoms with Gasteiger partial charge < -0.3 is 14.8 Å². The lowest BCUT2D eigenvalue weighted by Gasteiger charge is -2.10. The predicted molar refractivity (Wildman–Crippen MR) is 77.0 cm³/mol. The van der Waals surface area contributed by atoms with Gasteiger partial charge in [-0.3, -0.25) is 0 Å². The summed E-state index contributed by atoms with van der Waals surface area (Å²) in [6, 6.07) is 3.69. The molecule has 1 aromatic rings. The Kier molecular flexibility index (Phi) is 7.44. The number of benzene rings is 1. The van der Waals surface area contributed by atoms with Crippen molar-refractivity contribution in [1.82, 2.24) is 0 Å². The van der Waals surface area contributed by atoms with Gasteiger partial charge in [0.2, 0.25) is 0 Å². The van der Waals surface area contributed by atoms with Crippen LogP contribution >= 0.6 is 23.2 Å². The van der Waals surface area contributed by atoms with Crippen LogP contribution in [0.2, 0.25) is 10.0 Å². The molecule has 0 aliphatic heterocycles. The molecule has 0 heterocycles. The second kappa shape index (κ2) is 8.59. The van der Waals surface area contributed by atoms with Gasteiger partial charge in [0.1, 0.15) is 0 Å². The molecule has 0 radical (unpaired) electrons. The summed E-state index contributed by atoms with van der Waals surface area (Å²) in [5.41, 5.74) is 1.82. The minimum Gasteiger partial charge on any atom is -0.385 e. The molecule has 1 aromatic carbocycles. The summed E-state index contributed by atoms with van der Waals surface area (Å²) in [7, 11) is 1.69. The number of aryl methyl sites for hydroxylation is 1. The number of ether oxygens (including phenoxy) is 2. The monoisotopic (exact) mass is 291 g/mol. The average Bonchev–Trinajstić information content (AvgIpc) is 2.34. The number of nitrogens with one attached hydrogen (secondary N) is 1. The summed E-state index contributed by atoms with van der Waals surface area (Å²) in [6.07, 6.45) is 0.910. The van der Waals surface area contributed by atoms with E-state index in [0.29, 0.717) is 29.8 Å². The van der Waals surface area contributed by atoms with E-state index in [1.807, 2.05) is 19.1 Å². The smallest absolute Gasteiger partial charge is 0.0641 e. The predicted octanol–water partition coefficient (Wildman–Crippen LogP) is 3.77. The highest BCUT2D eigenvalue weighted by Gasteiger charge is 2.03. The highest BCUT2D eigenvalue weighted by molar-refractivity contribution is 6.35. The molecule has 0 atom stereocenters. The zero-order valence-corrected chi connectivity index (χ0v) is 12.3. The van der Waals surface area contributed by atoms with Crippen molar-refractivity contribution in [3.8, 4) is 0 Å². The first-order valence-electron chi connectivity index (χ1n) is 5.91. The summed E-state index contributed by atoms with van der Waals surface area (Å²) in [6.45, 7) is 4.69. The second-order valence-corrected chi connectivity index (χ2v) is 4.78. The molecule has 0 amide bonds. The summed E-state index contributed by atoms with van der Waals surface area (Å²) in [5.74, 6) is 0. The number of hydrogen-bond acceptors (Lipinski definition) is 3. The number of hydrogen-bond donors (Lipinski definition) is 1. The van der Waals surface area contributed by atoms with E-state index in [0.717, 1.165) is 24.3 Å². The molecule has 0 saturated heterocycles. The second-order valence-electron chi connectivity index (χ2n) is 3.97. The van der Waals surface area contributed by atoms with E-state index >= 15 is 0 Å². The normalized spacial score (nSPS) is 10.7. The molecular formula is C13H19Cl2NO2. The third kappa shape index (κ3) is 5.44. The molecule has 0 bridgehead atoms. The molecule has 18 heavy (non-hydrogen) atoms. The van der Waals surface area contributed by atoms with Gasteiger partial charge >= 0.3 is 0 Å². The molecule has 0 fully saturated rings. The number of rotatable bonds is 8. The molecule has 0 aromatic heterocycles. The summed E-state index contributed by atoms with van der Waals surface area (Å²) in [5, 5.41) is 4.59. The van der Waals surface area contributed by atoms with Gasteiger partial charge in [-0.05, 0) is 31.0 Å². The van der Waals surface area contributed by atoms with Gasteiger partial charge in [-0.2, -0.15) is 0 Å². The first-order chi connectivity index (χ1) is 8.65. The average molecular weight is 292 g/mol. The van der Waals surface area contributed by atoms with Gasteiger partial charge in [-0.15, -0.1) is 0 Å². The van der Waals surface area contributed by atoms with Gasteiger partial charge in [0.05, 0.1) is 17.3 Å². The maximum absolute atomic E-state index is 6.10. The molecule has 0 unspecified atom stereocenters. The lowest BCUT2D eigenvalue weighted by atomic mass is 10.2. The fourth-order valence-corrected chi connectivity index (χ4v) is 1.90. The van der Waals surface area contributed by atoms with Gasteiger partial charge in [-0.25, -0.2) is 0 Å². The Labute approximate surface area is 118 Å². The van der Waals surface area contributed by atoms with Crippen molar-refractivity contribution in [1.29, 1.82) is 0 Å². The third-order valence-corrected chi connectivity index (χ3v) is 3.17. The minimum atomic E-state index is 0.630. The van der Waals surface area contributed by atoms with E-state index in [9.17, 15) is 0 Å². The first-order valence-corrected chi connectivity index (χ1v) is 6.67. The zero-order valence-electron chi connectivity index (χ0n) is 10.8. The number of halogens is 2. The van der Waals surface area contributed by atoms with Crippen LogP contribution in [0.5, 0.6) is 0 Å². The molecule has 1 rings (SSSR count).